The summed E-state index contributed by atoms with van der Waals surface area (Å²) < 4.78 is 9.73. The number of aryl methyl sites for hydroxylation is 1. The van der Waals surface area contributed by atoms with Gasteiger partial charge < -0.3 is 14.8 Å². The predicted octanol–water partition coefficient (Wildman–Crippen LogP) is 3.03. The Hall–Kier alpha value is -1.46. The molecular weight excluding hydrogens is 329 g/mol. The van der Waals surface area contributed by atoms with Crippen molar-refractivity contribution in [2.24, 2.45) is 0 Å². The number of para-hydroxylation sites is 1. The van der Waals surface area contributed by atoms with E-state index in [1.807, 2.05) is 19.1 Å². The van der Waals surface area contributed by atoms with E-state index in [-0.39, 0.29) is 19.1 Å². The Balaban J connectivity index is 2.49. The normalized spacial score (nSPS) is 11.6. The Morgan fingerprint density at radius 1 is 1.27 bits per heavy atom. The summed E-state index contributed by atoms with van der Waals surface area (Å²) in [5, 5.41) is 3.61. The molecule has 0 heterocycles. The molecule has 122 valence electrons. The minimum atomic E-state index is -0.575. The smallest absolute Gasteiger partial charge is 0.328 e. The Bertz CT molecular complexity index is 522. The summed E-state index contributed by atoms with van der Waals surface area (Å²) in [5.74, 6) is -1.23. The number of benzene rings is 1. The fourth-order valence-electron chi connectivity index (χ4n) is 1.76. The second kappa shape index (κ2) is 9.54. The second-order valence-electron chi connectivity index (χ2n) is 4.52. The van der Waals surface area contributed by atoms with Crippen molar-refractivity contribution in [2.75, 3.05) is 24.4 Å². The minimum absolute atomic E-state index is 0.0172. The molecule has 0 saturated carbocycles. The lowest BCUT2D eigenvalue weighted by Crippen LogP contribution is -2.30. The summed E-state index contributed by atoms with van der Waals surface area (Å²) >= 11 is 11.4. The van der Waals surface area contributed by atoms with Crippen LogP contribution in [0.1, 0.15) is 19.4 Å². The number of halogens is 2. The average Bonchev–Trinajstić information content (AvgIpc) is 2.52. The van der Waals surface area contributed by atoms with Gasteiger partial charge in [0.1, 0.15) is 25.1 Å². The highest BCUT2D eigenvalue weighted by Crippen LogP contribution is 2.27. The van der Waals surface area contributed by atoms with Crippen molar-refractivity contribution in [3.63, 3.8) is 0 Å². The number of esters is 2. The number of alkyl halides is 1. The fraction of sp³-hybridized carbons (Fsp3) is 0.467. The maximum Gasteiger partial charge on any atom is 0.328 e. The summed E-state index contributed by atoms with van der Waals surface area (Å²) in [6.45, 7) is 3.65. The molecule has 0 aliphatic heterocycles. The van der Waals surface area contributed by atoms with E-state index >= 15 is 0 Å². The van der Waals surface area contributed by atoms with Gasteiger partial charge in [-0.3, -0.25) is 4.79 Å². The van der Waals surface area contributed by atoms with Gasteiger partial charge in [-0.2, -0.15) is 0 Å². The molecular formula is C15H19Cl2NO4. The number of carbonyl (C=O) groups is 2. The predicted molar refractivity (Wildman–Crippen MR) is 86.6 cm³/mol. The van der Waals surface area contributed by atoms with E-state index in [0.29, 0.717) is 5.02 Å². The number of ether oxygens (including phenoxy) is 2. The lowest BCUT2D eigenvalue weighted by Gasteiger charge is -2.18. The van der Waals surface area contributed by atoms with Crippen LogP contribution < -0.4 is 5.32 Å². The maximum atomic E-state index is 11.9. The van der Waals surface area contributed by atoms with Crippen LogP contribution in [-0.2, 0) is 25.5 Å². The highest BCUT2D eigenvalue weighted by atomic mass is 35.5. The number of rotatable bonds is 8. The summed E-state index contributed by atoms with van der Waals surface area (Å²) in [4.78, 5) is 22.7. The first-order valence-corrected chi connectivity index (χ1v) is 7.83. The van der Waals surface area contributed by atoms with Crippen molar-refractivity contribution in [1.29, 1.82) is 0 Å². The Labute approximate surface area is 139 Å². The molecule has 0 amide bonds. The topological polar surface area (TPSA) is 64.6 Å². The van der Waals surface area contributed by atoms with Gasteiger partial charge in [-0.05, 0) is 25.0 Å². The average molecular weight is 348 g/mol. The number of anilines is 1. The number of hydrogen-bond donors (Lipinski definition) is 1. The number of carbonyl (C=O) groups excluding carboxylic acids is 2. The fourth-order valence-corrected chi connectivity index (χ4v) is 2.09. The first-order valence-electron chi connectivity index (χ1n) is 6.91. The molecule has 0 spiro atoms. The third kappa shape index (κ3) is 5.73. The van der Waals surface area contributed by atoms with Crippen LogP contribution >= 0.6 is 23.2 Å². The highest BCUT2D eigenvalue weighted by Gasteiger charge is 2.17. The zero-order valence-corrected chi connectivity index (χ0v) is 14.0. The lowest BCUT2D eigenvalue weighted by molar-refractivity contribution is -0.151. The van der Waals surface area contributed by atoms with Crippen LogP contribution in [-0.4, -0.2) is 37.1 Å². The molecule has 1 N–H and O–H groups in total. The standard InChI is InChI=1S/C15H19Cl2NO4/c1-3-11-5-4-6-12(17)14(11)18-10(2)15(20)22-8-7-21-13(19)9-16/h4-6,10,18H,3,7-9H2,1-2H3/t10-/m0/s1. The van der Waals surface area contributed by atoms with Gasteiger partial charge in [-0.1, -0.05) is 30.7 Å². The van der Waals surface area contributed by atoms with Crippen molar-refractivity contribution in [3.05, 3.63) is 28.8 Å². The van der Waals surface area contributed by atoms with Crippen LogP contribution in [0.5, 0.6) is 0 Å². The van der Waals surface area contributed by atoms with Crippen LogP contribution in [0, 0.1) is 0 Å². The molecule has 0 radical (unpaired) electrons. The second-order valence-corrected chi connectivity index (χ2v) is 5.19. The van der Waals surface area contributed by atoms with Gasteiger partial charge in [0.05, 0.1) is 10.7 Å². The lowest BCUT2D eigenvalue weighted by atomic mass is 10.1. The highest BCUT2D eigenvalue weighted by molar-refractivity contribution is 6.33. The molecule has 1 aromatic rings. The molecule has 7 heteroatoms. The van der Waals surface area contributed by atoms with E-state index < -0.39 is 18.0 Å². The molecule has 0 fully saturated rings. The van der Waals surface area contributed by atoms with E-state index in [0.717, 1.165) is 17.7 Å². The SMILES string of the molecule is CCc1cccc(Cl)c1N[C@@H](C)C(=O)OCCOC(=O)CCl. The number of nitrogens with one attached hydrogen (secondary N) is 1. The molecule has 5 nitrogen and oxygen atoms in total. The Kier molecular flexibility index (Phi) is 8.06. The van der Waals surface area contributed by atoms with E-state index in [9.17, 15) is 9.59 Å². The van der Waals surface area contributed by atoms with Crippen LogP contribution in [0.2, 0.25) is 5.02 Å². The third-order valence-corrected chi connectivity index (χ3v) is 3.43. The maximum absolute atomic E-state index is 11.9. The van der Waals surface area contributed by atoms with Gasteiger partial charge >= 0.3 is 11.9 Å². The monoisotopic (exact) mass is 347 g/mol. The zero-order valence-electron chi connectivity index (χ0n) is 12.5. The third-order valence-electron chi connectivity index (χ3n) is 2.90. The van der Waals surface area contributed by atoms with E-state index in [1.54, 1.807) is 13.0 Å². The molecule has 1 atom stereocenters. The van der Waals surface area contributed by atoms with E-state index in [2.05, 4.69) is 5.32 Å². The van der Waals surface area contributed by atoms with Crippen molar-refractivity contribution in [3.8, 4) is 0 Å². The molecule has 0 aliphatic carbocycles. The van der Waals surface area contributed by atoms with Crippen LogP contribution in [0.25, 0.3) is 0 Å². The largest absolute Gasteiger partial charge is 0.461 e. The first kappa shape index (κ1) is 18.6. The van der Waals surface area contributed by atoms with Gasteiger partial charge in [-0.25, -0.2) is 4.79 Å². The van der Waals surface area contributed by atoms with E-state index in [1.165, 1.54) is 0 Å². The molecule has 1 rings (SSSR count). The summed E-state index contributed by atoms with van der Waals surface area (Å²) in [6, 6.07) is 4.99. The molecule has 0 unspecified atom stereocenters. The molecule has 1 aromatic carbocycles. The summed E-state index contributed by atoms with van der Waals surface area (Å²) in [5.41, 5.74) is 1.74. The van der Waals surface area contributed by atoms with Gasteiger partial charge in [-0.15, -0.1) is 11.6 Å². The Morgan fingerprint density at radius 3 is 2.59 bits per heavy atom. The summed E-state index contributed by atoms with van der Waals surface area (Å²) in [6.07, 6.45) is 0.791. The van der Waals surface area contributed by atoms with Gasteiger partial charge in [0, 0.05) is 0 Å². The van der Waals surface area contributed by atoms with Crippen molar-refractivity contribution in [2.45, 2.75) is 26.3 Å². The number of hydrogen-bond acceptors (Lipinski definition) is 5. The van der Waals surface area contributed by atoms with Crippen molar-refractivity contribution < 1.29 is 19.1 Å². The molecule has 0 bridgehead atoms. The van der Waals surface area contributed by atoms with Crippen LogP contribution in [0.15, 0.2) is 18.2 Å². The van der Waals surface area contributed by atoms with Gasteiger partial charge in [0.15, 0.2) is 0 Å². The molecule has 0 aromatic heterocycles. The summed E-state index contributed by atoms with van der Waals surface area (Å²) in [7, 11) is 0. The van der Waals surface area contributed by atoms with Crippen LogP contribution in [0.4, 0.5) is 5.69 Å². The molecule has 0 aliphatic rings. The van der Waals surface area contributed by atoms with E-state index in [4.69, 9.17) is 32.7 Å². The Morgan fingerprint density at radius 2 is 1.95 bits per heavy atom. The zero-order chi connectivity index (χ0) is 16.5. The van der Waals surface area contributed by atoms with Crippen LogP contribution in [0.3, 0.4) is 0 Å². The van der Waals surface area contributed by atoms with Gasteiger partial charge in [0.2, 0.25) is 0 Å². The quantitative estimate of drug-likeness (QED) is 0.444. The van der Waals surface area contributed by atoms with Crippen molar-refractivity contribution >= 4 is 40.8 Å². The van der Waals surface area contributed by atoms with Crippen molar-refractivity contribution in [1.82, 2.24) is 0 Å². The first-order chi connectivity index (χ1) is 10.5. The molecule has 22 heavy (non-hydrogen) atoms. The molecule has 0 saturated heterocycles. The minimum Gasteiger partial charge on any atom is -0.461 e. The van der Waals surface area contributed by atoms with Gasteiger partial charge in [0.25, 0.3) is 0 Å².